The molecular weight excluding hydrogens is 417 g/mol. The van der Waals surface area contributed by atoms with Crippen LogP contribution < -0.4 is 10.2 Å². The number of nitrogens with zero attached hydrogens (tertiary/aromatic N) is 3. The van der Waals surface area contributed by atoms with Gasteiger partial charge in [0.05, 0.1) is 17.3 Å². The number of para-hydroxylation sites is 1. The Morgan fingerprint density at radius 1 is 1.27 bits per heavy atom. The minimum Gasteiger partial charge on any atom is -0.375 e. The maximum atomic E-state index is 12.9. The van der Waals surface area contributed by atoms with E-state index in [0.29, 0.717) is 36.3 Å². The third-order valence-corrected chi connectivity index (χ3v) is 5.61. The Hall–Kier alpha value is -2.48. The van der Waals surface area contributed by atoms with Gasteiger partial charge in [-0.3, -0.25) is 9.78 Å². The van der Waals surface area contributed by atoms with E-state index in [0.717, 1.165) is 24.6 Å². The number of carbonyl (C=O) groups is 1. The van der Waals surface area contributed by atoms with E-state index in [2.05, 4.69) is 10.3 Å². The number of halogens is 4. The lowest BCUT2D eigenvalue weighted by Crippen LogP contribution is -2.43. The Kier molecular flexibility index (Phi) is 7.07. The number of rotatable bonds is 6. The number of pyridine rings is 1. The fourth-order valence-corrected chi connectivity index (χ4v) is 3.76. The Morgan fingerprint density at radius 2 is 1.97 bits per heavy atom. The van der Waals surface area contributed by atoms with Crippen molar-refractivity contribution in [1.29, 1.82) is 0 Å². The number of benzene rings is 1. The van der Waals surface area contributed by atoms with Crippen LogP contribution in [0.3, 0.4) is 0 Å². The molecule has 2 heterocycles. The first kappa shape index (κ1) is 22.2. The molecule has 1 saturated heterocycles. The van der Waals surface area contributed by atoms with Crippen LogP contribution >= 0.6 is 11.6 Å². The molecule has 1 aromatic carbocycles. The average molecular weight is 441 g/mol. The van der Waals surface area contributed by atoms with Crippen molar-refractivity contribution in [2.45, 2.75) is 19.0 Å². The van der Waals surface area contributed by atoms with Crippen LogP contribution in [0.25, 0.3) is 0 Å². The van der Waals surface area contributed by atoms with Gasteiger partial charge in [0.15, 0.2) is 0 Å². The van der Waals surface area contributed by atoms with Crippen LogP contribution in [0.2, 0.25) is 5.02 Å². The number of nitrogens with one attached hydrogen (secondary N) is 1. The van der Waals surface area contributed by atoms with Gasteiger partial charge in [-0.05, 0) is 43.0 Å². The summed E-state index contributed by atoms with van der Waals surface area (Å²) in [5.74, 6) is 0.309. The maximum Gasteiger partial charge on any atom is 0.433 e. The summed E-state index contributed by atoms with van der Waals surface area (Å²) >= 11 is 6.09. The molecular formula is C21H24ClF3N4O. The van der Waals surface area contributed by atoms with Crippen LogP contribution in [0.4, 0.5) is 24.5 Å². The quantitative estimate of drug-likeness (QED) is 0.716. The van der Waals surface area contributed by atoms with E-state index in [4.69, 9.17) is 11.6 Å². The summed E-state index contributed by atoms with van der Waals surface area (Å²) in [6.07, 6.45) is -1.67. The monoisotopic (exact) mass is 440 g/mol. The lowest BCUT2D eigenvalue weighted by molar-refractivity contribution is -0.141. The minimum atomic E-state index is -4.46. The van der Waals surface area contributed by atoms with E-state index in [-0.39, 0.29) is 12.5 Å². The topological polar surface area (TPSA) is 48.5 Å². The zero-order chi connectivity index (χ0) is 21.7. The van der Waals surface area contributed by atoms with Crippen LogP contribution in [-0.2, 0) is 11.0 Å². The zero-order valence-corrected chi connectivity index (χ0v) is 17.4. The molecule has 0 radical (unpaired) electrons. The molecule has 1 aliphatic heterocycles. The molecule has 0 saturated carbocycles. The van der Waals surface area contributed by atoms with Gasteiger partial charge in [0, 0.05) is 38.6 Å². The van der Waals surface area contributed by atoms with Crippen molar-refractivity contribution in [2.75, 3.05) is 43.4 Å². The van der Waals surface area contributed by atoms with Gasteiger partial charge in [0.2, 0.25) is 5.91 Å². The Morgan fingerprint density at radius 3 is 2.63 bits per heavy atom. The van der Waals surface area contributed by atoms with E-state index >= 15 is 0 Å². The first-order valence-corrected chi connectivity index (χ1v) is 10.1. The first-order valence-electron chi connectivity index (χ1n) is 9.74. The van der Waals surface area contributed by atoms with Crippen molar-refractivity contribution in [1.82, 2.24) is 9.88 Å². The van der Waals surface area contributed by atoms with Crippen LogP contribution in [0, 0.1) is 5.92 Å². The van der Waals surface area contributed by atoms with E-state index < -0.39 is 11.9 Å². The summed E-state index contributed by atoms with van der Waals surface area (Å²) in [5, 5.41) is 3.63. The van der Waals surface area contributed by atoms with Crippen LogP contribution in [0.15, 0.2) is 42.6 Å². The number of anilines is 2. The molecule has 0 aliphatic carbocycles. The summed E-state index contributed by atoms with van der Waals surface area (Å²) in [4.78, 5) is 19.5. The molecule has 3 rings (SSSR count). The number of aromatic nitrogens is 1. The highest BCUT2D eigenvalue weighted by Crippen LogP contribution is 2.30. The fourth-order valence-electron chi connectivity index (χ4n) is 3.56. The summed E-state index contributed by atoms with van der Waals surface area (Å²) in [6, 6.07) is 9.90. The molecule has 0 atom stereocenters. The molecule has 1 fully saturated rings. The fraction of sp³-hybridized carbons (Fsp3) is 0.429. The van der Waals surface area contributed by atoms with E-state index in [1.54, 1.807) is 19.2 Å². The van der Waals surface area contributed by atoms with Gasteiger partial charge in [-0.15, -0.1) is 0 Å². The Bertz CT molecular complexity index is 869. The third-order valence-electron chi connectivity index (χ3n) is 5.28. The van der Waals surface area contributed by atoms with E-state index in [1.807, 2.05) is 28.0 Å². The van der Waals surface area contributed by atoms with Crippen LogP contribution in [-0.4, -0.2) is 49.0 Å². The smallest absolute Gasteiger partial charge is 0.375 e. The molecule has 162 valence electrons. The molecule has 1 amide bonds. The SMILES string of the molecule is CN(CC1CCN(C(=O)CNc2ccccc2Cl)CC1)c1ccnc(C(F)(F)F)c1. The van der Waals surface area contributed by atoms with Crippen molar-refractivity contribution < 1.29 is 18.0 Å². The van der Waals surface area contributed by atoms with Gasteiger partial charge in [0.25, 0.3) is 0 Å². The molecule has 30 heavy (non-hydrogen) atoms. The standard InChI is InChI=1S/C21H24ClF3N4O/c1-28(16-6-9-26-19(12-16)21(23,24)25)14-15-7-10-29(11-8-15)20(30)13-27-18-5-3-2-4-17(18)22/h2-6,9,12,15,27H,7-8,10-11,13-14H2,1H3. The number of hydrogen-bond acceptors (Lipinski definition) is 4. The Labute approximate surface area is 178 Å². The highest BCUT2D eigenvalue weighted by Gasteiger charge is 2.33. The molecule has 2 aromatic rings. The summed E-state index contributed by atoms with van der Waals surface area (Å²) in [6.45, 7) is 2.06. The van der Waals surface area contributed by atoms with Gasteiger partial charge in [-0.1, -0.05) is 23.7 Å². The molecule has 0 unspecified atom stereocenters. The highest BCUT2D eigenvalue weighted by atomic mass is 35.5. The molecule has 5 nitrogen and oxygen atoms in total. The second-order valence-electron chi connectivity index (χ2n) is 7.44. The number of alkyl halides is 3. The molecule has 1 aromatic heterocycles. The van der Waals surface area contributed by atoms with Crippen molar-refractivity contribution in [3.63, 3.8) is 0 Å². The first-order chi connectivity index (χ1) is 14.2. The second kappa shape index (κ2) is 9.55. The highest BCUT2D eigenvalue weighted by molar-refractivity contribution is 6.33. The van der Waals surface area contributed by atoms with Crippen molar-refractivity contribution in [2.24, 2.45) is 5.92 Å². The summed E-state index contributed by atoms with van der Waals surface area (Å²) in [7, 11) is 1.78. The average Bonchev–Trinajstić information content (AvgIpc) is 2.73. The zero-order valence-electron chi connectivity index (χ0n) is 16.6. The Balaban J connectivity index is 1.47. The predicted molar refractivity (Wildman–Crippen MR) is 112 cm³/mol. The lowest BCUT2D eigenvalue weighted by Gasteiger charge is -2.34. The lowest BCUT2D eigenvalue weighted by atomic mass is 9.96. The number of hydrogen-bond donors (Lipinski definition) is 1. The number of carbonyl (C=O) groups excluding carboxylic acids is 1. The molecule has 1 aliphatic rings. The third kappa shape index (κ3) is 5.78. The van der Waals surface area contributed by atoms with Crippen LogP contribution in [0.5, 0.6) is 0 Å². The molecule has 1 N–H and O–H groups in total. The maximum absolute atomic E-state index is 12.9. The van der Waals surface area contributed by atoms with Gasteiger partial charge in [-0.2, -0.15) is 13.2 Å². The molecule has 9 heteroatoms. The van der Waals surface area contributed by atoms with Gasteiger partial charge in [-0.25, -0.2) is 0 Å². The summed E-state index contributed by atoms with van der Waals surface area (Å²) in [5.41, 5.74) is 0.317. The molecule has 0 spiro atoms. The van der Waals surface area contributed by atoms with Crippen molar-refractivity contribution in [3.8, 4) is 0 Å². The number of likely N-dealkylation sites (tertiary alicyclic amines) is 1. The normalized spacial score (nSPS) is 15.2. The minimum absolute atomic E-state index is 0.00526. The van der Waals surface area contributed by atoms with Gasteiger partial charge < -0.3 is 15.1 Å². The number of piperidine rings is 1. The second-order valence-corrected chi connectivity index (χ2v) is 7.84. The number of amides is 1. The predicted octanol–water partition coefficient (Wildman–Crippen LogP) is 4.54. The van der Waals surface area contributed by atoms with Crippen LogP contribution in [0.1, 0.15) is 18.5 Å². The molecule has 0 bridgehead atoms. The van der Waals surface area contributed by atoms with E-state index in [1.165, 1.54) is 6.20 Å². The van der Waals surface area contributed by atoms with Gasteiger partial charge in [0.1, 0.15) is 5.69 Å². The van der Waals surface area contributed by atoms with Crippen molar-refractivity contribution in [3.05, 3.63) is 53.3 Å². The van der Waals surface area contributed by atoms with Crippen molar-refractivity contribution >= 4 is 28.9 Å². The largest absolute Gasteiger partial charge is 0.433 e. The van der Waals surface area contributed by atoms with Gasteiger partial charge >= 0.3 is 6.18 Å². The summed E-state index contributed by atoms with van der Waals surface area (Å²) < 4.78 is 38.6. The van der Waals surface area contributed by atoms with E-state index in [9.17, 15) is 18.0 Å².